The van der Waals surface area contributed by atoms with Gasteiger partial charge in [-0.2, -0.15) is 0 Å². The van der Waals surface area contributed by atoms with E-state index in [0.29, 0.717) is 12.3 Å². The number of aliphatic imine (C=N–C) groups is 1. The molecule has 3 rings (SSSR count). The van der Waals surface area contributed by atoms with Crippen molar-refractivity contribution in [3.05, 3.63) is 35.9 Å². The highest BCUT2D eigenvalue weighted by Crippen LogP contribution is 2.36. The van der Waals surface area contributed by atoms with Crippen molar-refractivity contribution in [2.75, 3.05) is 0 Å². The van der Waals surface area contributed by atoms with Crippen LogP contribution in [0.5, 0.6) is 0 Å². The number of nitrogens with zero attached hydrogens (tertiary/aromatic N) is 1. The van der Waals surface area contributed by atoms with Crippen LogP contribution in [0.25, 0.3) is 0 Å². The molecule has 0 aromatic heterocycles. The van der Waals surface area contributed by atoms with Crippen molar-refractivity contribution in [2.24, 2.45) is 4.99 Å². The summed E-state index contributed by atoms with van der Waals surface area (Å²) in [6.45, 7) is 0. The molecule has 19 heavy (non-hydrogen) atoms. The van der Waals surface area contributed by atoms with E-state index in [2.05, 4.69) is 0 Å². The molecule has 1 spiro atoms. The van der Waals surface area contributed by atoms with Crippen molar-refractivity contribution in [2.45, 2.75) is 50.5 Å². The largest absolute Gasteiger partial charge is 0.407 e. The fourth-order valence-electron chi connectivity index (χ4n) is 3.07. The van der Waals surface area contributed by atoms with Gasteiger partial charge in [0.25, 0.3) is 0 Å². The van der Waals surface area contributed by atoms with Crippen molar-refractivity contribution in [3.63, 3.8) is 0 Å². The van der Waals surface area contributed by atoms with E-state index in [1.807, 2.05) is 30.3 Å². The second-order valence-corrected chi connectivity index (χ2v) is 5.57. The van der Waals surface area contributed by atoms with Crippen LogP contribution < -0.4 is 0 Å². The molecule has 0 bridgehead atoms. The maximum atomic E-state index is 11.9. The quantitative estimate of drug-likeness (QED) is 0.722. The minimum Gasteiger partial charge on any atom is -0.407 e. The molecule has 3 nitrogen and oxygen atoms in total. The summed E-state index contributed by atoms with van der Waals surface area (Å²) in [7, 11) is 0. The van der Waals surface area contributed by atoms with Gasteiger partial charge >= 0.3 is 5.97 Å². The third kappa shape index (κ3) is 2.70. The Bertz CT molecular complexity index is 485. The van der Waals surface area contributed by atoms with Crippen molar-refractivity contribution >= 4 is 11.9 Å². The van der Waals surface area contributed by atoms with E-state index in [-0.39, 0.29) is 11.5 Å². The molecule has 1 saturated carbocycles. The molecule has 2 aliphatic rings. The van der Waals surface area contributed by atoms with Crippen molar-refractivity contribution in [3.8, 4) is 0 Å². The average molecular weight is 257 g/mol. The lowest BCUT2D eigenvalue weighted by Crippen LogP contribution is -2.37. The Morgan fingerprint density at radius 2 is 1.68 bits per heavy atom. The highest BCUT2D eigenvalue weighted by Gasteiger charge is 2.38. The van der Waals surface area contributed by atoms with E-state index in [9.17, 15) is 4.79 Å². The van der Waals surface area contributed by atoms with Gasteiger partial charge in [0.05, 0.1) is 12.0 Å². The molecule has 100 valence electrons. The zero-order valence-corrected chi connectivity index (χ0v) is 11.1. The minimum absolute atomic E-state index is 0.129. The Morgan fingerprint density at radius 3 is 2.37 bits per heavy atom. The molecule has 0 unspecified atom stereocenters. The summed E-state index contributed by atoms with van der Waals surface area (Å²) < 4.78 is 5.35. The van der Waals surface area contributed by atoms with Gasteiger partial charge in [-0.15, -0.1) is 0 Å². The van der Waals surface area contributed by atoms with Crippen LogP contribution in [-0.2, 0) is 9.53 Å². The summed E-state index contributed by atoms with van der Waals surface area (Å²) in [5, 5.41) is 0. The SMILES string of the molecule is O=C1CC2(CCCCCC2)N=C(c2ccccc2)O1. The molecule has 0 amide bonds. The van der Waals surface area contributed by atoms with E-state index < -0.39 is 0 Å². The monoisotopic (exact) mass is 257 g/mol. The van der Waals surface area contributed by atoms with E-state index in [0.717, 1.165) is 18.4 Å². The van der Waals surface area contributed by atoms with Crippen LogP contribution in [0.4, 0.5) is 0 Å². The molecular formula is C16H19NO2. The second kappa shape index (κ2) is 5.16. The summed E-state index contributed by atoms with van der Waals surface area (Å²) >= 11 is 0. The topological polar surface area (TPSA) is 38.7 Å². The molecule has 0 N–H and O–H groups in total. The van der Waals surface area contributed by atoms with Crippen LogP contribution >= 0.6 is 0 Å². The zero-order valence-electron chi connectivity index (χ0n) is 11.1. The van der Waals surface area contributed by atoms with E-state index in [4.69, 9.17) is 9.73 Å². The Hall–Kier alpha value is -1.64. The zero-order chi connectivity index (χ0) is 13.1. The van der Waals surface area contributed by atoms with E-state index in [1.165, 1.54) is 25.7 Å². The smallest absolute Gasteiger partial charge is 0.314 e. The highest BCUT2D eigenvalue weighted by molar-refractivity contribution is 6.02. The Kier molecular flexibility index (Phi) is 3.36. The van der Waals surface area contributed by atoms with Gasteiger partial charge in [-0.25, -0.2) is 4.99 Å². The number of ether oxygens (including phenoxy) is 1. The number of esters is 1. The number of cyclic esters (lactones) is 1. The van der Waals surface area contributed by atoms with Crippen molar-refractivity contribution in [1.29, 1.82) is 0 Å². The van der Waals surface area contributed by atoms with Gasteiger partial charge in [0.1, 0.15) is 0 Å². The third-order valence-electron chi connectivity index (χ3n) is 4.08. The molecule has 3 heteroatoms. The first-order valence-corrected chi connectivity index (χ1v) is 7.13. The third-order valence-corrected chi connectivity index (χ3v) is 4.08. The summed E-state index contributed by atoms with van der Waals surface area (Å²) in [5.74, 6) is 0.384. The molecule has 1 aliphatic carbocycles. The first kappa shape index (κ1) is 12.4. The van der Waals surface area contributed by atoms with Crippen LogP contribution in [-0.4, -0.2) is 17.4 Å². The average Bonchev–Trinajstić information content (AvgIpc) is 2.64. The first-order valence-electron chi connectivity index (χ1n) is 7.13. The van der Waals surface area contributed by atoms with Crippen LogP contribution in [0.2, 0.25) is 0 Å². The molecule has 1 aromatic rings. The van der Waals surface area contributed by atoms with Gasteiger partial charge in [0.15, 0.2) is 0 Å². The van der Waals surface area contributed by atoms with Gasteiger partial charge in [0, 0.05) is 5.56 Å². The van der Waals surface area contributed by atoms with Crippen LogP contribution in [0.1, 0.15) is 50.5 Å². The fourth-order valence-corrected chi connectivity index (χ4v) is 3.07. The van der Waals surface area contributed by atoms with Crippen LogP contribution in [0, 0.1) is 0 Å². The standard InChI is InChI=1S/C16H19NO2/c18-14-12-16(10-6-1-2-7-11-16)17-15(19-14)13-8-4-3-5-9-13/h3-5,8-9H,1-2,6-7,10-12H2. The highest BCUT2D eigenvalue weighted by atomic mass is 16.5. The van der Waals surface area contributed by atoms with Gasteiger partial charge < -0.3 is 4.74 Å². The number of carbonyl (C=O) groups excluding carboxylic acids is 1. The number of carbonyl (C=O) groups is 1. The molecule has 1 heterocycles. The number of benzene rings is 1. The van der Waals surface area contributed by atoms with Crippen molar-refractivity contribution in [1.82, 2.24) is 0 Å². The Balaban J connectivity index is 1.95. The predicted molar refractivity (Wildman–Crippen MR) is 74.1 cm³/mol. The first-order chi connectivity index (χ1) is 9.27. The molecule has 0 radical (unpaired) electrons. The number of hydrogen-bond donors (Lipinski definition) is 0. The lowest BCUT2D eigenvalue weighted by atomic mass is 9.86. The fraction of sp³-hybridized carbons (Fsp3) is 0.500. The molecule has 1 aromatic carbocycles. The van der Waals surface area contributed by atoms with Gasteiger partial charge in [-0.05, 0) is 25.0 Å². The summed E-state index contributed by atoms with van der Waals surface area (Å²) in [6, 6.07) is 9.74. The Labute approximate surface area is 113 Å². The maximum Gasteiger partial charge on any atom is 0.314 e. The van der Waals surface area contributed by atoms with Gasteiger partial charge in [0.2, 0.25) is 5.90 Å². The van der Waals surface area contributed by atoms with Crippen molar-refractivity contribution < 1.29 is 9.53 Å². The lowest BCUT2D eigenvalue weighted by Gasteiger charge is -2.32. The number of rotatable bonds is 1. The van der Waals surface area contributed by atoms with Gasteiger partial charge in [-0.3, -0.25) is 4.79 Å². The predicted octanol–water partition coefficient (Wildman–Crippen LogP) is 3.47. The summed E-state index contributed by atoms with van der Waals surface area (Å²) in [6.07, 6.45) is 7.32. The molecular weight excluding hydrogens is 238 g/mol. The maximum absolute atomic E-state index is 11.9. The van der Waals surface area contributed by atoms with Crippen LogP contribution in [0.15, 0.2) is 35.3 Å². The minimum atomic E-state index is -0.197. The molecule has 0 atom stereocenters. The van der Waals surface area contributed by atoms with E-state index in [1.54, 1.807) is 0 Å². The summed E-state index contributed by atoms with van der Waals surface area (Å²) in [4.78, 5) is 16.8. The molecule has 1 aliphatic heterocycles. The molecule has 0 saturated heterocycles. The molecule has 1 fully saturated rings. The van der Waals surface area contributed by atoms with E-state index >= 15 is 0 Å². The normalized spacial score (nSPS) is 22.5. The lowest BCUT2D eigenvalue weighted by molar-refractivity contribution is -0.138. The van der Waals surface area contributed by atoms with Crippen LogP contribution in [0.3, 0.4) is 0 Å². The van der Waals surface area contributed by atoms with Gasteiger partial charge in [-0.1, -0.05) is 43.9 Å². The second-order valence-electron chi connectivity index (χ2n) is 5.57. The number of hydrogen-bond acceptors (Lipinski definition) is 3. The summed E-state index contributed by atoms with van der Waals surface area (Å²) in [5.41, 5.74) is 0.705. The Morgan fingerprint density at radius 1 is 1.00 bits per heavy atom.